The molecule has 0 bridgehead atoms. The monoisotopic (exact) mass is 621 g/mol. The van der Waals surface area contributed by atoms with Crippen molar-refractivity contribution < 1.29 is 23.5 Å². The van der Waals surface area contributed by atoms with Crippen molar-refractivity contribution in [3.05, 3.63) is 53.3 Å². The van der Waals surface area contributed by atoms with Crippen LogP contribution in [-0.2, 0) is 4.79 Å². The lowest BCUT2D eigenvalue weighted by atomic mass is 9.87. The Kier molecular flexibility index (Phi) is 10.1. The molecule has 0 aromatic heterocycles. The molecule has 2 amide bonds. The zero-order valence-electron chi connectivity index (χ0n) is 26.7. The van der Waals surface area contributed by atoms with Gasteiger partial charge in [0.15, 0.2) is 0 Å². The summed E-state index contributed by atoms with van der Waals surface area (Å²) in [5, 5.41) is 6.70. The van der Waals surface area contributed by atoms with Gasteiger partial charge < -0.3 is 34.8 Å². The summed E-state index contributed by atoms with van der Waals surface area (Å²) in [6.07, 6.45) is 4.11. The van der Waals surface area contributed by atoms with Gasteiger partial charge in [0.2, 0.25) is 5.91 Å². The summed E-state index contributed by atoms with van der Waals surface area (Å²) in [4.78, 5) is 32.4. The number of anilines is 1. The molecule has 45 heavy (non-hydrogen) atoms. The largest absolute Gasteiger partial charge is 0.490 e. The molecule has 4 saturated heterocycles. The highest BCUT2D eigenvalue weighted by Gasteiger charge is 2.30. The van der Waals surface area contributed by atoms with Gasteiger partial charge in [-0.05, 0) is 61.6 Å². The summed E-state index contributed by atoms with van der Waals surface area (Å²) in [5.41, 5.74) is 2.60. The maximum Gasteiger partial charge on any atom is 0.253 e. The van der Waals surface area contributed by atoms with Crippen LogP contribution in [0.25, 0.3) is 0 Å². The highest BCUT2D eigenvalue weighted by atomic mass is 19.1. The molecule has 4 aliphatic rings. The number of halogens is 1. The number of hydrogen-bond acceptors (Lipinski definition) is 7. The van der Waals surface area contributed by atoms with Crippen molar-refractivity contribution in [2.75, 3.05) is 70.3 Å². The molecule has 244 valence electrons. The smallest absolute Gasteiger partial charge is 0.253 e. The highest BCUT2D eigenvalue weighted by molar-refractivity contribution is 5.94. The van der Waals surface area contributed by atoms with E-state index in [0.29, 0.717) is 37.2 Å². The third-order valence-corrected chi connectivity index (χ3v) is 9.68. The third kappa shape index (κ3) is 7.72. The Hall–Kier alpha value is -3.37. The molecule has 2 aromatic carbocycles. The Morgan fingerprint density at radius 3 is 2.22 bits per heavy atom. The van der Waals surface area contributed by atoms with E-state index >= 15 is 0 Å². The van der Waals surface area contributed by atoms with Crippen LogP contribution in [-0.4, -0.2) is 99.3 Å². The fourth-order valence-corrected chi connectivity index (χ4v) is 7.07. The van der Waals surface area contributed by atoms with Crippen molar-refractivity contribution in [3.63, 3.8) is 0 Å². The maximum absolute atomic E-state index is 14.5. The van der Waals surface area contributed by atoms with Crippen molar-refractivity contribution >= 4 is 17.5 Å². The number of piperazine rings is 1. The number of likely N-dealkylation sites (tertiary alicyclic amines) is 2. The molecule has 0 aliphatic carbocycles. The van der Waals surface area contributed by atoms with E-state index in [9.17, 15) is 14.0 Å². The summed E-state index contributed by atoms with van der Waals surface area (Å²) < 4.78 is 27.2. The summed E-state index contributed by atoms with van der Waals surface area (Å²) in [6.45, 7) is 11.7. The second-order valence-electron chi connectivity index (χ2n) is 13.2. The summed E-state index contributed by atoms with van der Waals surface area (Å²) in [6, 6.07) is 10.9. The fraction of sp³-hybridized carbons (Fsp3) is 0.600. The second kappa shape index (κ2) is 14.4. The van der Waals surface area contributed by atoms with Gasteiger partial charge >= 0.3 is 0 Å². The van der Waals surface area contributed by atoms with E-state index in [2.05, 4.69) is 15.5 Å². The lowest BCUT2D eigenvalue weighted by Gasteiger charge is -2.35. The van der Waals surface area contributed by atoms with Crippen molar-refractivity contribution in [3.8, 4) is 11.5 Å². The first-order valence-corrected chi connectivity index (χ1v) is 16.9. The van der Waals surface area contributed by atoms with Gasteiger partial charge in [0, 0.05) is 101 Å². The van der Waals surface area contributed by atoms with Gasteiger partial charge in [0.05, 0.1) is 0 Å². The molecular weight excluding hydrogens is 573 g/mol. The van der Waals surface area contributed by atoms with Crippen LogP contribution in [0.1, 0.15) is 67.8 Å². The minimum atomic E-state index is -0.293. The van der Waals surface area contributed by atoms with Crippen LogP contribution in [0.2, 0.25) is 0 Å². The van der Waals surface area contributed by atoms with Crippen molar-refractivity contribution in [1.82, 2.24) is 20.4 Å². The van der Waals surface area contributed by atoms with Crippen LogP contribution in [0.4, 0.5) is 10.1 Å². The average molecular weight is 622 g/mol. The SMILES string of the molecule is CC(C)C(=O)N1CCC(c2cc(C(=O)N3CCC(Oc4cc(F)cc(N5CCNCC5)c4)CC3)ccc2O[C@H]2CCNC2)CC1. The normalized spacial score (nSPS) is 21.8. The van der Waals surface area contributed by atoms with E-state index < -0.39 is 0 Å². The molecule has 6 rings (SSSR count). The van der Waals surface area contributed by atoms with E-state index in [1.54, 1.807) is 6.07 Å². The predicted molar refractivity (Wildman–Crippen MR) is 173 cm³/mol. The van der Waals surface area contributed by atoms with Crippen molar-refractivity contribution in [1.29, 1.82) is 0 Å². The average Bonchev–Trinajstić information content (AvgIpc) is 3.58. The zero-order valence-corrected chi connectivity index (χ0v) is 26.7. The molecule has 2 aromatic rings. The number of nitrogens with zero attached hydrogens (tertiary/aromatic N) is 3. The van der Waals surface area contributed by atoms with Crippen LogP contribution < -0.4 is 25.0 Å². The van der Waals surface area contributed by atoms with Gasteiger partial charge in [-0.1, -0.05) is 13.8 Å². The van der Waals surface area contributed by atoms with Crippen molar-refractivity contribution in [2.45, 2.75) is 64.1 Å². The van der Waals surface area contributed by atoms with E-state index in [1.165, 1.54) is 6.07 Å². The molecule has 1 atom stereocenters. The minimum absolute atomic E-state index is 0.00513. The number of amides is 2. The first kappa shape index (κ1) is 31.6. The first-order valence-electron chi connectivity index (χ1n) is 16.9. The summed E-state index contributed by atoms with van der Waals surface area (Å²) >= 11 is 0. The maximum atomic E-state index is 14.5. The topological polar surface area (TPSA) is 86.4 Å². The minimum Gasteiger partial charge on any atom is -0.490 e. The van der Waals surface area contributed by atoms with Gasteiger partial charge in [-0.25, -0.2) is 4.39 Å². The molecule has 4 fully saturated rings. The van der Waals surface area contributed by atoms with Gasteiger partial charge in [-0.2, -0.15) is 0 Å². The molecule has 4 aliphatic heterocycles. The lowest BCUT2D eigenvalue weighted by Crippen LogP contribution is -2.43. The fourth-order valence-electron chi connectivity index (χ4n) is 7.07. The van der Waals surface area contributed by atoms with Gasteiger partial charge in [-0.15, -0.1) is 0 Å². The third-order valence-electron chi connectivity index (χ3n) is 9.68. The van der Waals surface area contributed by atoms with Crippen LogP contribution in [0.3, 0.4) is 0 Å². The van der Waals surface area contributed by atoms with Crippen LogP contribution >= 0.6 is 0 Å². The van der Waals surface area contributed by atoms with Crippen LogP contribution in [0.15, 0.2) is 36.4 Å². The zero-order chi connectivity index (χ0) is 31.3. The quantitative estimate of drug-likeness (QED) is 0.461. The Morgan fingerprint density at radius 1 is 0.800 bits per heavy atom. The molecule has 10 heteroatoms. The Labute approximate surface area is 266 Å². The standard InChI is InChI=1S/C35H48FN5O4/c1-24(2)34(42)40-13-6-25(7-14-40)32-19-26(3-4-33(32)45-30-5-10-38-23-30)35(43)41-15-8-29(9-16-41)44-31-21-27(36)20-28(22-31)39-17-11-37-12-18-39/h3-4,19-22,24-25,29-30,37-38H,5-18,23H2,1-2H3/t30-/m0/s1. The number of hydrogen-bond donors (Lipinski definition) is 2. The van der Waals surface area contributed by atoms with E-state index in [0.717, 1.165) is 88.6 Å². The van der Waals surface area contributed by atoms with Crippen LogP contribution in [0.5, 0.6) is 11.5 Å². The number of carbonyl (C=O) groups is 2. The Bertz CT molecular complexity index is 1330. The van der Waals surface area contributed by atoms with Crippen LogP contribution in [0, 0.1) is 11.7 Å². The molecule has 0 saturated carbocycles. The number of rotatable bonds is 8. The molecule has 9 nitrogen and oxygen atoms in total. The number of carbonyl (C=O) groups excluding carboxylic acids is 2. The highest BCUT2D eigenvalue weighted by Crippen LogP contribution is 2.37. The summed E-state index contributed by atoms with van der Waals surface area (Å²) in [5.74, 6) is 1.56. The molecular formula is C35H48FN5O4. The first-order chi connectivity index (χ1) is 21.8. The van der Waals surface area contributed by atoms with E-state index in [-0.39, 0.29) is 41.7 Å². The number of benzene rings is 2. The van der Waals surface area contributed by atoms with Gasteiger partial charge in [-0.3, -0.25) is 9.59 Å². The number of ether oxygens (including phenoxy) is 2. The second-order valence-corrected chi connectivity index (χ2v) is 13.2. The molecule has 2 N–H and O–H groups in total. The number of nitrogens with one attached hydrogen (secondary N) is 2. The predicted octanol–water partition coefficient (Wildman–Crippen LogP) is 4.02. The summed E-state index contributed by atoms with van der Waals surface area (Å²) in [7, 11) is 0. The number of piperidine rings is 2. The van der Waals surface area contributed by atoms with Crippen molar-refractivity contribution in [2.24, 2.45) is 5.92 Å². The Balaban J connectivity index is 1.10. The molecule has 4 heterocycles. The van der Waals surface area contributed by atoms with Gasteiger partial charge in [0.1, 0.15) is 29.5 Å². The molecule has 0 spiro atoms. The molecule has 0 radical (unpaired) electrons. The van der Waals surface area contributed by atoms with Gasteiger partial charge in [0.25, 0.3) is 5.91 Å². The molecule has 0 unspecified atom stereocenters. The lowest BCUT2D eigenvalue weighted by molar-refractivity contribution is -0.135. The van der Waals surface area contributed by atoms with E-state index in [4.69, 9.17) is 9.47 Å². The Morgan fingerprint density at radius 2 is 1.53 bits per heavy atom. The van der Waals surface area contributed by atoms with E-state index in [1.807, 2.05) is 47.9 Å².